The summed E-state index contributed by atoms with van der Waals surface area (Å²) in [4.78, 5) is 9.87. The second kappa shape index (κ2) is 5.85. The number of benzene rings is 1. The summed E-state index contributed by atoms with van der Waals surface area (Å²) in [5.41, 5.74) is 0.185. The van der Waals surface area contributed by atoms with Gasteiger partial charge < -0.3 is 5.32 Å². The van der Waals surface area contributed by atoms with Gasteiger partial charge >= 0.3 is 0 Å². The summed E-state index contributed by atoms with van der Waals surface area (Å²) < 4.78 is 13.0. The Morgan fingerprint density at radius 1 is 1.50 bits per heavy atom. The smallest absolute Gasteiger partial charge is 0.274 e. The minimum absolute atomic E-state index is 0.242. The van der Waals surface area contributed by atoms with Crippen LogP contribution in [0.4, 0.5) is 15.8 Å². The molecular formula is C11H13FN2O2. The zero-order valence-corrected chi connectivity index (χ0v) is 8.94. The molecule has 0 saturated heterocycles. The van der Waals surface area contributed by atoms with Gasteiger partial charge in [0.05, 0.1) is 11.0 Å². The Morgan fingerprint density at radius 2 is 2.25 bits per heavy atom. The number of non-ortho nitro benzene ring substituents is 1. The first-order valence-corrected chi connectivity index (χ1v) is 4.93. The second-order valence-electron chi connectivity index (χ2n) is 3.24. The molecule has 0 bridgehead atoms. The Hall–Kier alpha value is -1.91. The number of hydrogen-bond donors (Lipinski definition) is 1. The van der Waals surface area contributed by atoms with Crippen LogP contribution < -0.4 is 5.32 Å². The third-order valence-corrected chi connectivity index (χ3v) is 1.97. The van der Waals surface area contributed by atoms with Gasteiger partial charge in [-0.1, -0.05) is 12.2 Å². The van der Waals surface area contributed by atoms with Crippen LogP contribution >= 0.6 is 0 Å². The number of hydrogen-bond acceptors (Lipinski definition) is 3. The Bertz CT molecular complexity index is 405. The van der Waals surface area contributed by atoms with Crippen molar-refractivity contribution in [2.45, 2.75) is 13.3 Å². The highest BCUT2D eigenvalue weighted by Crippen LogP contribution is 2.19. The molecule has 0 fully saturated rings. The van der Waals surface area contributed by atoms with E-state index in [2.05, 4.69) is 5.32 Å². The zero-order valence-electron chi connectivity index (χ0n) is 8.94. The van der Waals surface area contributed by atoms with Gasteiger partial charge in [0.1, 0.15) is 5.82 Å². The molecular weight excluding hydrogens is 211 g/mol. The number of nitro groups is 1. The Labute approximate surface area is 92.9 Å². The van der Waals surface area contributed by atoms with E-state index in [9.17, 15) is 14.5 Å². The molecule has 0 aliphatic heterocycles. The fourth-order valence-corrected chi connectivity index (χ4v) is 1.25. The molecule has 0 radical (unpaired) electrons. The highest BCUT2D eigenvalue weighted by Gasteiger charge is 2.08. The van der Waals surface area contributed by atoms with E-state index in [0.717, 1.165) is 12.5 Å². The van der Waals surface area contributed by atoms with Crippen LogP contribution in [0.5, 0.6) is 0 Å². The lowest BCUT2D eigenvalue weighted by Crippen LogP contribution is -2.01. The maximum Gasteiger partial charge on any atom is 0.274 e. The largest absolute Gasteiger partial charge is 0.384 e. The average molecular weight is 224 g/mol. The molecule has 0 unspecified atom stereocenters. The molecule has 16 heavy (non-hydrogen) atoms. The molecule has 1 aromatic carbocycles. The van der Waals surface area contributed by atoms with Gasteiger partial charge in [-0.15, -0.1) is 0 Å². The Balaban J connectivity index is 2.69. The van der Waals surface area contributed by atoms with Crippen molar-refractivity contribution in [1.29, 1.82) is 0 Å². The Morgan fingerprint density at radius 3 is 2.88 bits per heavy atom. The highest BCUT2D eigenvalue weighted by atomic mass is 19.1. The van der Waals surface area contributed by atoms with Crippen molar-refractivity contribution in [2.24, 2.45) is 0 Å². The van der Waals surface area contributed by atoms with Crippen LogP contribution in [-0.2, 0) is 0 Å². The van der Waals surface area contributed by atoms with Gasteiger partial charge in [-0.2, -0.15) is 0 Å². The number of rotatable bonds is 5. The number of halogens is 1. The van der Waals surface area contributed by atoms with E-state index >= 15 is 0 Å². The van der Waals surface area contributed by atoms with Crippen molar-refractivity contribution in [2.75, 3.05) is 11.9 Å². The third kappa shape index (κ3) is 3.68. The van der Waals surface area contributed by atoms with Crippen molar-refractivity contribution in [3.63, 3.8) is 0 Å². The van der Waals surface area contributed by atoms with Gasteiger partial charge in [0.25, 0.3) is 5.69 Å². The van der Waals surface area contributed by atoms with E-state index in [4.69, 9.17) is 0 Å². The zero-order chi connectivity index (χ0) is 12.0. The van der Waals surface area contributed by atoms with Crippen molar-refractivity contribution in [1.82, 2.24) is 0 Å². The van der Waals surface area contributed by atoms with Crippen molar-refractivity contribution in [3.05, 3.63) is 46.3 Å². The summed E-state index contributed by atoms with van der Waals surface area (Å²) in [6.45, 7) is 2.53. The van der Waals surface area contributed by atoms with E-state index in [1.165, 1.54) is 12.1 Å². The summed E-state index contributed by atoms with van der Waals surface area (Å²) in [6.07, 6.45) is 4.66. The van der Waals surface area contributed by atoms with Gasteiger partial charge in [-0.3, -0.25) is 10.1 Å². The van der Waals surface area contributed by atoms with Crippen molar-refractivity contribution < 1.29 is 9.31 Å². The first-order chi connectivity index (χ1) is 7.63. The van der Waals surface area contributed by atoms with E-state index in [-0.39, 0.29) is 5.69 Å². The molecule has 1 rings (SSSR count). The van der Waals surface area contributed by atoms with Gasteiger partial charge in [0.15, 0.2) is 0 Å². The van der Waals surface area contributed by atoms with Crippen LogP contribution in [0.25, 0.3) is 0 Å². The minimum Gasteiger partial charge on any atom is -0.384 e. The Kier molecular flexibility index (Phi) is 4.44. The van der Waals surface area contributed by atoms with Gasteiger partial charge in [-0.05, 0) is 19.4 Å². The molecule has 0 amide bonds. The summed E-state index contributed by atoms with van der Waals surface area (Å²) in [5, 5.41) is 13.4. The second-order valence-corrected chi connectivity index (χ2v) is 3.24. The monoisotopic (exact) mass is 224 g/mol. The fourth-order valence-electron chi connectivity index (χ4n) is 1.25. The predicted octanol–water partition coefficient (Wildman–Crippen LogP) is 3.11. The number of allylic oxidation sites excluding steroid dienone is 1. The molecule has 1 N–H and O–H groups in total. The summed E-state index contributed by atoms with van der Waals surface area (Å²) in [6, 6.07) is 3.46. The molecule has 0 aliphatic carbocycles. The summed E-state index contributed by atoms with van der Waals surface area (Å²) in [5.74, 6) is -0.609. The predicted molar refractivity (Wildman–Crippen MR) is 61.0 cm³/mol. The standard InChI is InChI=1S/C11H13FN2O2/c1-2-3-4-5-13-10-6-9(12)7-11(8-10)14(15)16/h2-3,6-8,13H,4-5H2,1H3/b3-2+. The molecule has 0 atom stereocenters. The van der Waals surface area contributed by atoms with E-state index in [0.29, 0.717) is 12.2 Å². The molecule has 0 saturated carbocycles. The first kappa shape index (κ1) is 12.2. The van der Waals surface area contributed by atoms with E-state index < -0.39 is 10.7 Å². The molecule has 1 aromatic rings. The quantitative estimate of drug-likeness (QED) is 0.362. The maximum atomic E-state index is 13.0. The minimum atomic E-state index is -0.611. The number of nitro benzene ring substituents is 1. The molecule has 86 valence electrons. The average Bonchev–Trinajstić information content (AvgIpc) is 2.23. The van der Waals surface area contributed by atoms with E-state index in [1.54, 1.807) is 0 Å². The molecule has 0 heterocycles. The lowest BCUT2D eigenvalue weighted by molar-refractivity contribution is -0.385. The van der Waals surface area contributed by atoms with Crippen LogP contribution in [0.1, 0.15) is 13.3 Å². The maximum absolute atomic E-state index is 13.0. The fraction of sp³-hybridized carbons (Fsp3) is 0.273. The SMILES string of the molecule is C/C=C/CCNc1cc(F)cc([N+](=O)[O-])c1. The van der Waals surface area contributed by atoms with Gasteiger partial charge in [0.2, 0.25) is 0 Å². The normalized spacial score (nSPS) is 10.6. The van der Waals surface area contributed by atoms with Crippen LogP contribution in [0.2, 0.25) is 0 Å². The van der Waals surface area contributed by atoms with Gasteiger partial charge in [0, 0.05) is 18.3 Å². The molecule has 0 aromatic heterocycles. The van der Waals surface area contributed by atoms with Crippen LogP contribution in [0.3, 0.4) is 0 Å². The highest BCUT2D eigenvalue weighted by molar-refractivity contribution is 5.51. The lowest BCUT2D eigenvalue weighted by atomic mass is 10.2. The van der Waals surface area contributed by atoms with Crippen LogP contribution in [0, 0.1) is 15.9 Å². The van der Waals surface area contributed by atoms with Crippen molar-refractivity contribution >= 4 is 11.4 Å². The van der Waals surface area contributed by atoms with Crippen molar-refractivity contribution in [3.8, 4) is 0 Å². The topological polar surface area (TPSA) is 55.2 Å². The number of nitrogens with zero attached hydrogens (tertiary/aromatic N) is 1. The van der Waals surface area contributed by atoms with E-state index in [1.807, 2.05) is 19.1 Å². The lowest BCUT2D eigenvalue weighted by Gasteiger charge is -2.04. The third-order valence-electron chi connectivity index (χ3n) is 1.97. The first-order valence-electron chi connectivity index (χ1n) is 4.93. The van der Waals surface area contributed by atoms with Crippen LogP contribution in [0.15, 0.2) is 30.4 Å². The summed E-state index contributed by atoms with van der Waals surface area (Å²) >= 11 is 0. The molecule has 4 nitrogen and oxygen atoms in total. The molecule has 5 heteroatoms. The van der Waals surface area contributed by atoms with Crippen LogP contribution in [-0.4, -0.2) is 11.5 Å². The number of nitrogens with one attached hydrogen (secondary N) is 1. The molecule has 0 aliphatic rings. The molecule has 0 spiro atoms. The number of anilines is 1. The van der Waals surface area contributed by atoms with Gasteiger partial charge in [-0.25, -0.2) is 4.39 Å². The summed E-state index contributed by atoms with van der Waals surface area (Å²) in [7, 11) is 0.